The van der Waals surface area contributed by atoms with Gasteiger partial charge in [0.1, 0.15) is 16.3 Å². The van der Waals surface area contributed by atoms with Crippen molar-refractivity contribution in [3.63, 3.8) is 0 Å². The number of nitrogens with zero attached hydrogens (tertiary/aromatic N) is 1. The van der Waals surface area contributed by atoms with E-state index in [1.165, 1.54) is 6.07 Å². The number of hydrogen-bond acceptors (Lipinski definition) is 4. The molecule has 0 atom stereocenters. The van der Waals surface area contributed by atoms with Crippen LogP contribution in [0.25, 0.3) is 10.2 Å². The van der Waals surface area contributed by atoms with Crippen LogP contribution in [0, 0.1) is 11.6 Å². The Balaban J connectivity index is 2.78. The van der Waals surface area contributed by atoms with Crippen LogP contribution in [-0.4, -0.2) is 11.2 Å². The van der Waals surface area contributed by atoms with Crippen LogP contribution in [0.5, 0.6) is 0 Å². The Morgan fingerprint density at radius 2 is 2.27 bits per heavy atom. The molecule has 0 amide bonds. The topological polar surface area (TPSA) is 38.9 Å². The molecule has 0 saturated heterocycles. The molecule has 0 aliphatic rings. The van der Waals surface area contributed by atoms with Gasteiger partial charge in [-0.05, 0) is 12.3 Å². The average molecular weight is 246 g/mol. The molecule has 0 saturated carbocycles. The van der Waals surface area contributed by atoms with E-state index < -0.39 is 11.6 Å². The van der Waals surface area contributed by atoms with Gasteiger partial charge in [-0.3, -0.25) is 0 Å². The molecule has 1 heterocycles. The molecule has 2 aromatic rings. The minimum Gasteiger partial charge on any atom is -0.325 e. The molecule has 15 heavy (non-hydrogen) atoms. The van der Waals surface area contributed by atoms with Crippen LogP contribution in [0.15, 0.2) is 11.0 Å². The van der Waals surface area contributed by atoms with Crippen molar-refractivity contribution in [1.82, 2.24) is 4.98 Å². The van der Waals surface area contributed by atoms with E-state index in [0.717, 1.165) is 23.1 Å². The Labute approximate surface area is 93.5 Å². The maximum absolute atomic E-state index is 13.7. The first-order valence-corrected chi connectivity index (χ1v) is 6.23. The molecule has 1 aromatic carbocycles. The van der Waals surface area contributed by atoms with E-state index in [1.54, 1.807) is 6.26 Å². The molecule has 0 radical (unpaired) electrons. The third-order valence-electron chi connectivity index (χ3n) is 1.96. The van der Waals surface area contributed by atoms with Crippen molar-refractivity contribution in [2.45, 2.75) is 11.4 Å². The quantitative estimate of drug-likeness (QED) is 0.828. The number of thiazole rings is 1. The fourth-order valence-corrected chi connectivity index (χ4v) is 2.61. The molecule has 0 fully saturated rings. The second-order valence-electron chi connectivity index (χ2n) is 2.86. The van der Waals surface area contributed by atoms with Crippen LogP contribution in [-0.2, 0) is 6.54 Å². The summed E-state index contributed by atoms with van der Waals surface area (Å²) < 4.78 is 27.5. The maximum atomic E-state index is 13.7. The molecule has 2 rings (SSSR count). The van der Waals surface area contributed by atoms with Gasteiger partial charge in [-0.2, -0.15) is 0 Å². The summed E-state index contributed by atoms with van der Waals surface area (Å²) in [5.74, 6) is -0.900. The standard InChI is InChI=1S/C9H8F2N2S2/c1-14-5-2-4(10)9-8(7(5)11)13-6(3-12)15-9/h2H,3,12H2,1H3. The van der Waals surface area contributed by atoms with Crippen LogP contribution in [0.3, 0.4) is 0 Å². The molecule has 0 unspecified atom stereocenters. The summed E-state index contributed by atoms with van der Waals surface area (Å²) in [5.41, 5.74) is 5.47. The normalized spacial score (nSPS) is 11.2. The van der Waals surface area contributed by atoms with Crippen LogP contribution < -0.4 is 5.73 Å². The summed E-state index contributed by atoms with van der Waals surface area (Å²) in [7, 11) is 0. The number of halogens is 2. The third-order valence-corrected chi connectivity index (χ3v) is 3.79. The summed E-state index contributed by atoms with van der Waals surface area (Å²) in [6.07, 6.45) is 1.69. The molecule has 0 aliphatic heterocycles. The van der Waals surface area contributed by atoms with Gasteiger partial charge in [-0.15, -0.1) is 23.1 Å². The highest BCUT2D eigenvalue weighted by molar-refractivity contribution is 7.98. The number of hydrogen-bond donors (Lipinski definition) is 1. The minimum atomic E-state index is -0.463. The number of benzene rings is 1. The molecular formula is C9H8F2N2S2. The predicted octanol–water partition coefficient (Wildman–Crippen LogP) is 2.76. The van der Waals surface area contributed by atoms with Gasteiger partial charge >= 0.3 is 0 Å². The Bertz CT molecular complexity index is 510. The minimum absolute atomic E-state index is 0.0878. The molecular weight excluding hydrogens is 238 g/mol. The lowest BCUT2D eigenvalue weighted by Crippen LogP contribution is -1.94. The monoisotopic (exact) mass is 246 g/mol. The van der Waals surface area contributed by atoms with Gasteiger partial charge in [0, 0.05) is 11.4 Å². The fourth-order valence-electron chi connectivity index (χ4n) is 1.27. The van der Waals surface area contributed by atoms with E-state index in [-0.39, 0.29) is 21.7 Å². The zero-order valence-corrected chi connectivity index (χ0v) is 9.51. The highest BCUT2D eigenvalue weighted by Gasteiger charge is 2.16. The van der Waals surface area contributed by atoms with Crippen molar-refractivity contribution in [3.05, 3.63) is 22.7 Å². The van der Waals surface area contributed by atoms with Crippen molar-refractivity contribution in [2.75, 3.05) is 6.26 Å². The van der Waals surface area contributed by atoms with E-state index in [2.05, 4.69) is 4.98 Å². The molecule has 1 aromatic heterocycles. The first kappa shape index (κ1) is 10.8. The number of nitrogens with two attached hydrogens (primary N) is 1. The Morgan fingerprint density at radius 3 is 2.87 bits per heavy atom. The Morgan fingerprint density at radius 1 is 1.53 bits per heavy atom. The lowest BCUT2D eigenvalue weighted by Gasteiger charge is -1.99. The first-order valence-electron chi connectivity index (χ1n) is 4.18. The van der Waals surface area contributed by atoms with Gasteiger partial charge in [-0.1, -0.05) is 0 Å². The van der Waals surface area contributed by atoms with Gasteiger partial charge < -0.3 is 5.73 Å². The van der Waals surface area contributed by atoms with Gasteiger partial charge in [0.05, 0.1) is 4.70 Å². The average Bonchev–Trinajstić information content (AvgIpc) is 2.68. The first-order chi connectivity index (χ1) is 7.17. The maximum Gasteiger partial charge on any atom is 0.164 e. The molecule has 0 bridgehead atoms. The highest BCUT2D eigenvalue weighted by Crippen LogP contribution is 2.32. The van der Waals surface area contributed by atoms with E-state index in [4.69, 9.17) is 5.73 Å². The summed E-state index contributed by atoms with van der Waals surface area (Å²) in [4.78, 5) is 4.24. The second kappa shape index (κ2) is 4.03. The fraction of sp³-hybridized carbons (Fsp3) is 0.222. The Hall–Kier alpha value is -0.720. The van der Waals surface area contributed by atoms with Crippen LogP contribution in [0.2, 0.25) is 0 Å². The van der Waals surface area contributed by atoms with Crippen molar-refractivity contribution >= 4 is 33.3 Å². The lowest BCUT2D eigenvalue weighted by molar-refractivity contribution is 0.593. The molecule has 0 spiro atoms. The zero-order valence-electron chi connectivity index (χ0n) is 7.88. The molecule has 80 valence electrons. The van der Waals surface area contributed by atoms with Gasteiger partial charge in [0.2, 0.25) is 0 Å². The van der Waals surface area contributed by atoms with Crippen molar-refractivity contribution in [2.24, 2.45) is 5.73 Å². The Kier molecular flexibility index (Phi) is 2.90. The molecule has 0 aliphatic carbocycles. The van der Waals surface area contributed by atoms with E-state index in [9.17, 15) is 8.78 Å². The summed E-state index contributed by atoms with van der Waals surface area (Å²) in [5, 5.41) is 0.543. The number of aromatic nitrogens is 1. The predicted molar refractivity (Wildman–Crippen MR) is 59.2 cm³/mol. The van der Waals surface area contributed by atoms with Gasteiger partial charge in [0.25, 0.3) is 0 Å². The highest BCUT2D eigenvalue weighted by atomic mass is 32.2. The largest absolute Gasteiger partial charge is 0.325 e. The number of thioether (sulfide) groups is 1. The van der Waals surface area contributed by atoms with E-state index >= 15 is 0 Å². The molecule has 6 heteroatoms. The molecule has 2 N–H and O–H groups in total. The third kappa shape index (κ3) is 1.73. The summed E-state index contributed by atoms with van der Waals surface area (Å²) in [6.45, 7) is 0.201. The summed E-state index contributed by atoms with van der Waals surface area (Å²) in [6, 6.07) is 1.20. The van der Waals surface area contributed by atoms with E-state index in [0.29, 0.717) is 5.01 Å². The van der Waals surface area contributed by atoms with Crippen molar-refractivity contribution in [1.29, 1.82) is 0 Å². The van der Waals surface area contributed by atoms with Gasteiger partial charge in [0.15, 0.2) is 5.82 Å². The van der Waals surface area contributed by atoms with Crippen molar-refractivity contribution < 1.29 is 8.78 Å². The lowest BCUT2D eigenvalue weighted by atomic mass is 10.3. The number of rotatable bonds is 2. The molecule has 2 nitrogen and oxygen atoms in total. The van der Waals surface area contributed by atoms with E-state index in [1.807, 2.05) is 0 Å². The van der Waals surface area contributed by atoms with Crippen LogP contribution in [0.1, 0.15) is 5.01 Å². The van der Waals surface area contributed by atoms with Crippen LogP contribution in [0.4, 0.5) is 8.78 Å². The van der Waals surface area contributed by atoms with Crippen molar-refractivity contribution in [3.8, 4) is 0 Å². The second-order valence-corrected chi connectivity index (χ2v) is 4.80. The zero-order chi connectivity index (χ0) is 11.0. The SMILES string of the molecule is CSc1cc(F)c2sc(CN)nc2c1F. The number of fused-ring (bicyclic) bond motifs is 1. The van der Waals surface area contributed by atoms with Gasteiger partial charge in [-0.25, -0.2) is 13.8 Å². The smallest absolute Gasteiger partial charge is 0.164 e. The van der Waals surface area contributed by atoms with Crippen LogP contribution >= 0.6 is 23.1 Å². The summed E-state index contributed by atoms with van der Waals surface area (Å²) >= 11 is 2.26.